The van der Waals surface area contributed by atoms with Crippen molar-refractivity contribution in [2.24, 2.45) is 0 Å². The molecule has 0 saturated carbocycles. The highest BCUT2D eigenvalue weighted by Gasteiger charge is 2.30. The van der Waals surface area contributed by atoms with Crippen LogP contribution in [-0.2, 0) is 0 Å². The molecule has 48 heavy (non-hydrogen) atoms. The highest BCUT2D eigenvalue weighted by atomic mass is 16.7. The van der Waals surface area contributed by atoms with Crippen LogP contribution in [-0.4, -0.2) is 15.8 Å². The zero-order valence-corrected chi connectivity index (χ0v) is 26.5. The summed E-state index contributed by atoms with van der Waals surface area (Å²) in [5.74, 6) is 0.631. The lowest BCUT2D eigenvalue weighted by atomic mass is 9.92. The Bertz CT molecular complexity index is 2430. The third kappa shape index (κ3) is 4.88. The molecule has 4 heterocycles. The average molecular weight is 623 g/mol. The number of para-hydroxylation sites is 2. The Morgan fingerprint density at radius 2 is 1.12 bits per heavy atom. The smallest absolute Gasteiger partial charge is 0.245 e. The molecule has 0 saturated heterocycles. The maximum absolute atomic E-state index is 6.61. The number of aromatic nitrogens is 2. The molecule has 0 radical (unpaired) electrons. The number of pyridine rings is 2. The van der Waals surface area contributed by atoms with Crippen LogP contribution in [0.1, 0.15) is 13.8 Å². The predicted octanol–water partition coefficient (Wildman–Crippen LogP) is 11.2. The molecule has 1 aliphatic rings. The first-order valence-electron chi connectivity index (χ1n) is 16.0. The van der Waals surface area contributed by atoms with Crippen molar-refractivity contribution in [3.8, 4) is 67.1 Å². The van der Waals surface area contributed by atoms with E-state index in [1.54, 1.807) is 12.4 Å². The molecule has 9 rings (SSSR count). The topological polar surface area (TPSA) is 57.4 Å². The molecule has 3 aromatic heterocycles. The Kier molecular flexibility index (Phi) is 6.40. The minimum absolute atomic E-state index is 0.755. The number of furan rings is 1. The molecule has 1 aliphatic heterocycles. The zero-order chi connectivity index (χ0) is 32.2. The summed E-state index contributed by atoms with van der Waals surface area (Å²) in [6.07, 6.45) is 7.38. The normalized spacial score (nSPS) is 13.3. The lowest BCUT2D eigenvalue weighted by Crippen LogP contribution is -2.34. The molecule has 0 bridgehead atoms. The summed E-state index contributed by atoms with van der Waals surface area (Å²) in [6.45, 7) is 3.90. The Morgan fingerprint density at radius 1 is 0.458 bits per heavy atom. The number of ether oxygens (including phenoxy) is 2. The molecule has 8 aromatic rings. The van der Waals surface area contributed by atoms with E-state index in [9.17, 15) is 0 Å². The number of hydrogen-bond acceptors (Lipinski definition) is 5. The van der Waals surface area contributed by atoms with Crippen LogP contribution in [0.15, 0.2) is 151 Å². The van der Waals surface area contributed by atoms with Gasteiger partial charge in [-0.3, -0.25) is 9.97 Å². The van der Waals surface area contributed by atoms with Gasteiger partial charge in [-0.2, -0.15) is 0 Å². The van der Waals surface area contributed by atoms with Crippen LogP contribution in [0.25, 0.3) is 77.6 Å². The third-order valence-electron chi connectivity index (χ3n) is 8.93. The summed E-state index contributed by atoms with van der Waals surface area (Å²) >= 11 is 0. The van der Waals surface area contributed by atoms with Crippen LogP contribution in [0, 0.1) is 0 Å². The molecular weight excluding hydrogens is 592 g/mol. The van der Waals surface area contributed by atoms with Gasteiger partial charge in [-0.1, -0.05) is 60.7 Å². The maximum atomic E-state index is 6.61. The highest BCUT2D eigenvalue weighted by molar-refractivity contribution is 6.09. The summed E-state index contributed by atoms with van der Waals surface area (Å²) in [5, 5.41) is 2.21. The van der Waals surface area contributed by atoms with Crippen molar-refractivity contribution in [3.63, 3.8) is 0 Å². The van der Waals surface area contributed by atoms with Crippen molar-refractivity contribution < 1.29 is 13.9 Å². The Labute approximate surface area is 278 Å². The predicted molar refractivity (Wildman–Crippen MR) is 192 cm³/mol. The molecule has 5 heteroatoms. The average Bonchev–Trinajstić information content (AvgIpc) is 3.46. The van der Waals surface area contributed by atoms with Crippen molar-refractivity contribution in [3.05, 3.63) is 146 Å². The lowest BCUT2D eigenvalue weighted by Gasteiger charge is -2.26. The van der Waals surface area contributed by atoms with Gasteiger partial charge in [-0.25, -0.2) is 0 Å². The molecule has 0 amide bonds. The van der Waals surface area contributed by atoms with Crippen molar-refractivity contribution in [1.82, 2.24) is 9.97 Å². The Morgan fingerprint density at radius 3 is 1.85 bits per heavy atom. The minimum Gasteiger partial charge on any atom is -0.455 e. The number of hydrogen-bond donors (Lipinski definition) is 0. The molecule has 5 nitrogen and oxygen atoms in total. The molecule has 0 atom stereocenters. The van der Waals surface area contributed by atoms with Crippen LogP contribution in [0.3, 0.4) is 0 Å². The monoisotopic (exact) mass is 622 g/mol. The van der Waals surface area contributed by atoms with Gasteiger partial charge in [0.25, 0.3) is 0 Å². The van der Waals surface area contributed by atoms with E-state index in [4.69, 9.17) is 13.9 Å². The van der Waals surface area contributed by atoms with E-state index < -0.39 is 5.79 Å². The molecule has 0 unspecified atom stereocenters. The molecule has 0 spiro atoms. The second-order valence-corrected chi connectivity index (χ2v) is 12.6. The largest absolute Gasteiger partial charge is 0.455 e. The summed E-state index contributed by atoms with van der Waals surface area (Å²) in [4.78, 5) is 8.75. The first kappa shape index (κ1) is 28.1. The van der Waals surface area contributed by atoms with E-state index >= 15 is 0 Å². The first-order valence-corrected chi connectivity index (χ1v) is 16.0. The van der Waals surface area contributed by atoms with Gasteiger partial charge in [0.05, 0.1) is 0 Å². The van der Waals surface area contributed by atoms with Gasteiger partial charge in [-0.15, -0.1) is 0 Å². The zero-order valence-electron chi connectivity index (χ0n) is 26.5. The quantitative estimate of drug-likeness (QED) is 0.195. The lowest BCUT2D eigenvalue weighted by molar-refractivity contribution is -0.0778. The van der Waals surface area contributed by atoms with E-state index in [0.717, 1.165) is 89.1 Å². The van der Waals surface area contributed by atoms with Gasteiger partial charge >= 0.3 is 0 Å². The Balaban J connectivity index is 1.19. The van der Waals surface area contributed by atoms with Gasteiger partial charge in [0.15, 0.2) is 0 Å². The van der Waals surface area contributed by atoms with Crippen molar-refractivity contribution >= 4 is 21.9 Å². The number of fused-ring (bicyclic) bond motifs is 6. The van der Waals surface area contributed by atoms with E-state index in [1.165, 1.54) is 0 Å². The number of benzene rings is 5. The second-order valence-electron chi connectivity index (χ2n) is 12.6. The minimum atomic E-state index is -0.892. The number of rotatable bonds is 4. The van der Waals surface area contributed by atoms with Gasteiger partial charge in [0, 0.05) is 77.2 Å². The SMILES string of the molecule is CC1(C)Oc2cc(-c3cc(-c4cccnc4)cc(-c4cccnc4)c3)ccc2-c2cc(-c3cccc4c3oc3ccccc34)ccc2O1. The Hall–Kier alpha value is -6.20. The van der Waals surface area contributed by atoms with E-state index in [1.807, 2.05) is 62.6 Å². The highest BCUT2D eigenvalue weighted by Crippen LogP contribution is 2.47. The fraction of sp³-hybridized carbons (Fsp3) is 0.0698. The molecule has 5 aromatic carbocycles. The second kappa shape index (κ2) is 11.0. The van der Waals surface area contributed by atoms with Gasteiger partial charge in [0.2, 0.25) is 5.79 Å². The molecular formula is C43H30N2O3. The van der Waals surface area contributed by atoms with Crippen LogP contribution >= 0.6 is 0 Å². The summed E-state index contributed by atoms with van der Waals surface area (Å²) in [7, 11) is 0. The molecule has 0 aliphatic carbocycles. The van der Waals surface area contributed by atoms with E-state index in [-0.39, 0.29) is 0 Å². The van der Waals surface area contributed by atoms with Gasteiger partial charge in [0.1, 0.15) is 22.7 Å². The third-order valence-corrected chi connectivity index (χ3v) is 8.93. The molecule has 0 fully saturated rings. The van der Waals surface area contributed by atoms with Crippen molar-refractivity contribution in [1.29, 1.82) is 0 Å². The number of nitrogens with zero attached hydrogens (tertiary/aromatic N) is 2. The fourth-order valence-corrected chi connectivity index (χ4v) is 6.73. The maximum Gasteiger partial charge on any atom is 0.245 e. The molecule has 230 valence electrons. The first-order chi connectivity index (χ1) is 23.5. The van der Waals surface area contributed by atoms with Crippen LogP contribution < -0.4 is 9.47 Å². The van der Waals surface area contributed by atoms with E-state index in [2.05, 4.69) is 94.9 Å². The standard InChI is InChI=1S/C43H30N2O3/c1-43(2)47-40-17-15-28(34-11-5-12-37-35-10-3-4-13-39(35)46-42(34)37)23-38(40)36-16-14-27(24-41(36)48-43)31-20-32(29-8-6-18-44-25-29)22-33(21-31)30-9-7-19-45-26-30/h3-26H,1-2H3. The van der Waals surface area contributed by atoms with Gasteiger partial charge in [-0.05, 0) is 88.5 Å². The molecule has 0 N–H and O–H groups in total. The fourth-order valence-electron chi connectivity index (χ4n) is 6.73. The van der Waals surface area contributed by atoms with E-state index in [0.29, 0.717) is 0 Å². The summed E-state index contributed by atoms with van der Waals surface area (Å²) in [5.41, 5.74) is 12.1. The summed E-state index contributed by atoms with van der Waals surface area (Å²) < 4.78 is 19.5. The van der Waals surface area contributed by atoms with Crippen LogP contribution in [0.5, 0.6) is 11.5 Å². The van der Waals surface area contributed by atoms with Crippen LogP contribution in [0.4, 0.5) is 0 Å². The van der Waals surface area contributed by atoms with Crippen molar-refractivity contribution in [2.75, 3.05) is 0 Å². The van der Waals surface area contributed by atoms with Crippen molar-refractivity contribution in [2.45, 2.75) is 19.6 Å². The van der Waals surface area contributed by atoms with Gasteiger partial charge < -0.3 is 13.9 Å². The van der Waals surface area contributed by atoms with Crippen LogP contribution in [0.2, 0.25) is 0 Å². The summed E-state index contributed by atoms with van der Waals surface area (Å²) in [6, 6.07) is 41.9.